The van der Waals surface area contributed by atoms with Crippen molar-refractivity contribution in [1.82, 2.24) is 4.90 Å². The first-order chi connectivity index (χ1) is 11.5. The number of carbonyl (C=O) groups excluding carboxylic acids is 2. The summed E-state index contributed by atoms with van der Waals surface area (Å²) < 4.78 is 0. The van der Waals surface area contributed by atoms with Gasteiger partial charge in [0.05, 0.1) is 18.2 Å². The Labute approximate surface area is 147 Å². The second kappa shape index (κ2) is 7.21. The van der Waals surface area contributed by atoms with E-state index in [9.17, 15) is 14.7 Å². The highest BCUT2D eigenvalue weighted by molar-refractivity contribution is 6.31. The molecule has 2 aliphatic heterocycles. The lowest BCUT2D eigenvalue weighted by molar-refractivity contribution is -0.124. The van der Waals surface area contributed by atoms with E-state index < -0.39 is 6.04 Å². The minimum atomic E-state index is -0.423. The summed E-state index contributed by atoms with van der Waals surface area (Å²) in [6.45, 7) is 2.78. The van der Waals surface area contributed by atoms with Gasteiger partial charge in [-0.1, -0.05) is 24.1 Å². The zero-order valence-corrected chi connectivity index (χ0v) is 14.6. The van der Waals surface area contributed by atoms with Crippen LogP contribution in [-0.4, -0.2) is 47.1 Å². The maximum absolute atomic E-state index is 13.0. The minimum absolute atomic E-state index is 0.104. The third-order valence-electron chi connectivity index (χ3n) is 5.07. The lowest BCUT2D eigenvalue weighted by Gasteiger charge is -2.38. The van der Waals surface area contributed by atoms with Crippen LogP contribution in [0.3, 0.4) is 0 Å². The van der Waals surface area contributed by atoms with Crippen molar-refractivity contribution in [3.63, 3.8) is 0 Å². The van der Waals surface area contributed by atoms with Gasteiger partial charge in [0.1, 0.15) is 0 Å². The Kier molecular flexibility index (Phi) is 5.23. The van der Waals surface area contributed by atoms with Crippen LogP contribution in [0.2, 0.25) is 5.02 Å². The lowest BCUT2D eigenvalue weighted by atomic mass is 9.97. The minimum Gasteiger partial charge on any atom is -0.396 e. The smallest absolute Gasteiger partial charge is 0.251 e. The summed E-state index contributed by atoms with van der Waals surface area (Å²) in [6.07, 6.45) is 3.94. The van der Waals surface area contributed by atoms with Gasteiger partial charge in [-0.05, 0) is 50.4 Å². The molecule has 2 saturated heterocycles. The topological polar surface area (TPSA) is 60.9 Å². The molecule has 0 bridgehead atoms. The van der Waals surface area contributed by atoms with Crippen molar-refractivity contribution in [2.24, 2.45) is 0 Å². The summed E-state index contributed by atoms with van der Waals surface area (Å²) in [5.41, 5.74) is 1.43. The average Bonchev–Trinajstić information content (AvgIpc) is 2.85. The maximum Gasteiger partial charge on any atom is 0.251 e. The number of piperidine rings is 1. The van der Waals surface area contributed by atoms with E-state index in [0.717, 1.165) is 31.4 Å². The second-order valence-corrected chi connectivity index (χ2v) is 7.05. The van der Waals surface area contributed by atoms with Gasteiger partial charge in [-0.15, -0.1) is 0 Å². The standard InChI is InChI=1S/C18H23ClN2O3/c1-12-5-6-13(19)10-15(12)21-17(23)11-16(18(21)24)20-8-3-2-4-14(20)7-9-22/h5-6,10,14,16,22H,2-4,7-9,11H2,1H3/t14-,16+/m1/s1. The third kappa shape index (κ3) is 3.21. The Balaban J connectivity index is 1.87. The summed E-state index contributed by atoms with van der Waals surface area (Å²) in [5, 5.41) is 9.80. The highest BCUT2D eigenvalue weighted by Gasteiger charge is 2.45. The van der Waals surface area contributed by atoms with E-state index >= 15 is 0 Å². The number of rotatable bonds is 4. The number of amides is 2. The van der Waals surface area contributed by atoms with Crippen molar-refractivity contribution in [1.29, 1.82) is 0 Å². The SMILES string of the molecule is Cc1ccc(Cl)cc1N1C(=O)C[C@H](N2CCCC[C@@H]2CCO)C1=O. The fourth-order valence-corrected chi connectivity index (χ4v) is 4.01. The number of aliphatic hydroxyl groups excluding tert-OH is 1. The van der Waals surface area contributed by atoms with E-state index in [-0.39, 0.29) is 30.9 Å². The number of aliphatic hydroxyl groups is 1. The molecule has 0 saturated carbocycles. The van der Waals surface area contributed by atoms with Crippen molar-refractivity contribution in [3.05, 3.63) is 28.8 Å². The molecule has 3 rings (SSSR count). The zero-order chi connectivity index (χ0) is 17.3. The first kappa shape index (κ1) is 17.4. The monoisotopic (exact) mass is 350 g/mol. The Morgan fingerprint density at radius 3 is 2.83 bits per heavy atom. The van der Waals surface area contributed by atoms with Crippen LogP contribution in [-0.2, 0) is 9.59 Å². The number of likely N-dealkylation sites (tertiary alicyclic amines) is 1. The molecule has 130 valence electrons. The van der Waals surface area contributed by atoms with Crippen molar-refractivity contribution >= 4 is 29.1 Å². The molecule has 1 aromatic carbocycles. The van der Waals surface area contributed by atoms with Gasteiger partial charge in [0.2, 0.25) is 5.91 Å². The molecule has 2 heterocycles. The lowest BCUT2D eigenvalue weighted by Crippen LogP contribution is -2.50. The Morgan fingerprint density at radius 2 is 2.08 bits per heavy atom. The van der Waals surface area contributed by atoms with Crippen LogP contribution in [0.15, 0.2) is 18.2 Å². The van der Waals surface area contributed by atoms with E-state index in [2.05, 4.69) is 4.90 Å². The largest absolute Gasteiger partial charge is 0.396 e. The first-order valence-corrected chi connectivity index (χ1v) is 8.90. The molecule has 2 fully saturated rings. The van der Waals surface area contributed by atoms with Crippen molar-refractivity contribution in [2.75, 3.05) is 18.1 Å². The molecular weight excluding hydrogens is 328 g/mol. The second-order valence-electron chi connectivity index (χ2n) is 6.62. The van der Waals surface area contributed by atoms with Crippen LogP contribution in [0.25, 0.3) is 0 Å². The van der Waals surface area contributed by atoms with Gasteiger partial charge in [-0.25, -0.2) is 4.90 Å². The van der Waals surface area contributed by atoms with Gasteiger partial charge >= 0.3 is 0 Å². The molecule has 0 spiro atoms. The third-order valence-corrected chi connectivity index (χ3v) is 5.31. The Hall–Kier alpha value is -1.43. The molecular formula is C18H23ClN2O3. The van der Waals surface area contributed by atoms with Gasteiger partial charge in [0.25, 0.3) is 5.91 Å². The molecule has 0 aliphatic carbocycles. The van der Waals surface area contributed by atoms with Gasteiger partial charge in [0.15, 0.2) is 0 Å². The molecule has 0 radical (unpaired) electrons. The van der Waals surface area contributed by atoms with Crippen LogP contribution in [0.4, 0.5) is 5.69 Å². The highest BCUT2D eigenvalue weighted by atomic mass is 35.5. The predicted molar refractivity (Wildman–Crippen MR) is 93.1 cm³/mol. The quantitative estimate of drug-likeness (QED) is 0.848. The summed E-state index contributed by atoms with van der Waals surface area (Å²) in [7, 11) is 0. The molecule has 2 amide bonds. The van der Waals surface area contributed by atoms with E-state index in [0.29, 0.717) is 17.1 Å². The number of hydrogen-bond donors (Lipinski definition) is 1. The van der Waals surface area contributed by atoms with Crippen LogP contribution in [0.1, 0.15) is 37.7 Å². The first-order valence-electron chi connectivity index (χ1n) is 8.52. The molecule has 1 N–H and O–H groups in total. The normalized spacial score (nSPS) is 25.5. The summed E-state index contributed by atoms with van der Waals surface area (Å²) in [6, 6.07) is 5.00. The van der Waals surface area contributed by atoms with Crippen LogP contribution in [0, 0.1) is 6.92 Å². The zero-order valence-electron chi connectivity index (χ0n) is 13.9. The van der Waals surface area contributed by atoms with Crippen LogP contribution < -0.4 is 4.90 Å². The van der Waals surface area contributed by atoms with E-state index in [1.165, 1.54) is 4.90 Å². The van der Waals surface area contributed by atoms with E-state index in [1.807, 2.05) is 13.0 Å². The summed E-state index contributed by atoms with van der Waals surface area (Å²) in [4.78, 5) is 29.0. The maximum atomic E-state index is 13.0. The molecule has 0 aromatic heterocycles. The van der Waals surface area contributed by atoms with Gasteiger partial charge in [0, 0.05) is 17.7 Å². The predicted octanol–water partition coefficient (Wildman–Crippen LogP) is 2.52. The molecule has 6 heteroatoms. The number of imide groups is 1. The number of hydrogen-bond acceptors (Lipinski definition) is 4. The summed E-state index contributed by atoms with van der Waals surface area (Å²) in [5.74, 6) is -0.348. The number of anilines is 1. The van der Waals surface area contributed by atoms with E-state index in [1.54, 1.807) is 12.1 Å². The molecule has 24 heavy (non-hydrogen) atoms. The number of aryl methyl sites for hydroxylation is 1. The fourth-order valence-electron chi connectivity index (χ4n) is 3.84. The number of halogens is 1. The average molecular weight is 351 g/mol. The summed E-state index contributed by atoms with van der Waals surface area (Å²) >= 11 is 6.05. The molecule has 2 aliphatic rings. The molecule has 0 unspecified atom stereocenters. The molecule has 5 nitrogen and oxygen atoms in total. The van der Waals surface area contributed by atoms with Gasteiger partial charge in [-0.3, -0.25) is 14.5 Å². The molecule has 1 aromatic rings. The number of carbonyl (C=O) groups is 2. The van der Waals surface area contributed by atoms with Crippen LogP contribution >= 0.6 is 11.6 Å². The number of benzene rings is 1. The van der Waals surface area contributed by atoms with Gasteiger partial charge in [-0.2, -0.15) is 0 Å². The van der Waals surface area contributed by atoms with Gasteiger partial charge < -0.3 is 5.11 Å². The van der Waals surface area contributed by atoms with Crippen molar-refractivity contribution in [2.45, 2.75) is 51.1 Å². The van der Waals surface area contributed by atoms with Crippen molar-refractivity contribution < 1.29 is 14.7 Å². The van der Waals surface area contributed by atoms with E-state index in [4.69, 9.17) is 11.6 Å². The van der Waals surface area contributed by atoms with Crippen LogP contribution in [0.5, 0.6) is 0 Å². The highest BCUT2D eigenvalue weighted by Crippen LogP contribution is 2.33. The fraction of sp³-hybridized carbons (Fsp3) is 0.556. The van der Waals surface area contributed by atoms with Crippen molar-refractivity contribution in [3.8, 4) is 0 Å². The Morgan fingerprint density at radius 1 is 1.29 bits per heavy atom. The molecule has 2 atom stereocenters. The Bertz CT molecular complexity index is 647. The number of nitrogens with zero attached hydrogens (tertiary/aromatic N) is 2.